The molecule has 84 valence electrons. The summed E-state index contributed by atoms with van der Waals surface area (Å²) in [6.07, 6.45) is 0. The first kappa shape index (κ1) is 13.8. The molecule has 0 radical (unpaired) electrons. The molecule has 0 spiro atoms. The van der Waals surface area contributed by atoms with Crippen molar-refractivity contribution in [3.05, 3.63) is 0 Å². The van der Waals surface area contributed by atoms with Crippen LogP contribution >= 0.6 is 0 Å². The fraction of sp³-hybridized carbons (Fsp3) is 0.909. The van der Waals surface area contributed by atoms with Gasteiger partial charge in [-0.1, -0.05) is 33.9 Å². The highest BCUT2D eigenvalue weighted by Gasteiger charge is 2.36. The monoisotopic (exact) mass is 214 g/mol. The van der Waals surface area contributed by atoms with Crippen molar-refractivity contribution in [3.8, 4) is 0 Å². The van der Waals surface area contributed by atoms with Crippen molar-refractivity contribution in [1.29, 1.82) is 5.41 Å². The van der Waals surface area contributed by atoms with Crippen molar-refractivity contribution in [2.45, 2.75) is 60.2 Å². The van der Waals surface area contributed by atoms with Crippen molar-refractivity contribution in [1.82, 2.24) is 4.98 Å². The Balaban J connectivity index is 4.72. The molecule has 0 saturated heterocycles. The number of nitrogens with one attached hydrogen (secondary N) is 2. The lowest BCUT2D eigenvalue weighted by molar-refractivity contribution is 0.512. The first-order valence-electron chi connectivity index (χ1n) is 5.25. The summed E-state index contributed by atoms with van der Waals surface area (Å²) in [5.74, 6) is 0. The maximum Gasteiger partial charge on any atom is 0.168 e. The second kappa shape index (κ2) is 3.78. The zero-order chi connectivity index (χ0) is 11.8. The van der Waals surface area contributed by atoms with Crippen LogP contribution in [-0.4, -0.2) is 19.1 Å². The molecule has 0 bridgehead atoms. The van der Waals surface area contributed by atoms with E-state index in [2.05, 4.69) is 59.6 Å². The zero-order valence-corrected chi connectivity index (χ0v) is 12.0. The molecule has 0 aromatic carbocycles. The van der Waals surface area contributed by atoms with Gasteiger partial charge in [0.25, 0.3) is 0 Å². The van der Waals surface area contributed by atoms with Crippen molar-refractivity contribution in [3.63, 3.8) is 0 Å². The van der Waals surface area contributed by atoms with Gasteiger partial charge in [0.05, 0.1) is 0 Å². The van der Waals surface area contributed by atoms with Crippen LogP contribution in [-0.2, 0) is 0 Å². The molecule has 2 N–H and O–H groups in total. The quantitative estimate of drug-likeness (QED) is 0.537. The molecular formula is C11H26N2Si. The third-order valence-electron chi connectivity index (χ3n) is 2.06. The molecule has 0 saturated carbocycles. The Hall–Kier alpha value is -0.153. The summed E-state index contributed by atoms with van der Waals surface area (Å²) in [6, 6.07) is 0. The van der Waals surface area contributed by atoms with Gasteiger partial charge in [-0.3, -0.25) is 0 Å². The van der Waals surface area contributed by atoms with Crippen LogP contribution in [0.4, 0.5) is 0 Å². The summed E-state index contributed by atoms with van der Waals surface area (Å²) >= 11 is 0. The smallest absolute Gasteiger partial charge is 0.168 e. The maximum absolute atomic E-state index is 8.22. The molecule has 0 unspecified atom stereocenters. The minimum Gasteiger partial charge on any atom is -0.328 e. The lowest BCUT2D eigenvalue weighted by Crippen LogP contribution is -2.62. The summed E-state index contributed by atoms with van der Waals surface area (Å²) < 4.78 is 0. The first-order chi connectivity index (χ1) is 5.86. The van der Waals surface area contributed by atoms with E-state index in [1.165, 1.54) is 0 Å². The molecule has 0 amide bonds. The molecule has 3 heteroatoms. The van der Waals surface area contributed by atoms with E-state index in [4.69, 9.17) is 5.41 Å². The molecule has 0 atom stereocenters. The second-order valence-corrected chi connectivity index (χ2v) is 10.6. The van der Waals surface area contributed by atoms with Gasteiger partial charge >= 0.3 is 0 Å². The van der Waals surface area contributed by atoms with Crippen LogP contribution in [0.15, 0.2) is 0 Å². The van der Waals surface area contributed by atoms with Gasteiger partial charge in [-0.15, -0.1) is 0 Å². The Morgan fingerprint density at radius 2 is 1.36 bits per heavy atom. The summed E-state index contributed by atoms with van der Waals surface area (Å²) in [6.45, 7) is 17.3. The highest BCUT2D eigenvalue weighted by molar-refractivity contribution is 7.03. The molecule has 0 aliphatic rings. The van der Waals surface area contributed by atoms with Crippen LogP contribution in [0.1, 0.15) is 41.5 Å². The highest BCUT2D eigenvalue weighted by Crippen LogP contribution is 2.22. The SMILES string of the molecule is CC(C)(C)N[Si](C)(C)C(=N)C(C)(C)C. The average molecular weight is 214 g/mol. The van der Waals surface area contributed by atoms with E-state index < -0.39 is 8.24 Å². The minimum atomic E-state index is -1.74. The first-order valence-corrected chi connectivity index (χ1v) is 8.25. The van der Waals surface area contributed by atoms with Crippen molar-refractivity contribution in [2.75, 3.05) is 0 Å². The summed E-state index contributed by atoms with van der Waals surface area (Å²) in [4.78, 5) is 3.62. The average Bonchev–Trinajstić information content (AvgIpc) is 1.78. The largest absolute Gasteiger partial charge is 0.328 e. The molecule has 0 aromatic heterocycles. The Morgan fingerprint density at radius 3 is 1.57 bits per heavy atom. The predicted octanol–water partition coefficient (Wildman–Crippen LogP) is 3.18. The summed E-state index contributed by atoms with van der Waals surface area (Å²) in [7, 11) is -1.74. The van der Waals surface area contributed by atoms with Gasteiger partial charge in [0.1, 0.15) is 0 Å². The molecule has 0 rings (SSSR count). The highest BCUT2D eigenvalue weighted by atomic mass is 28.3. The lowest BCUT2D eigenvalue weighted by Gasteiger charge is -2.38. The van der Waals surface area contributed by atoms with E-state index >= 15 is 0 Å². The fourth-order valence-electron chi connectivity index (χ4n) is 1.94. The van der Waals surface area contributed by atoms with E-state index in [-0.39, 0.29) is 11.0 Å². The normalized spacial score (nSPS) is 14.3. The summed E-state index contributed by atoms with van der Waals surface area (Å²) in [5.41, 5.74) is 0.0985. The van der Waals surface area contributed by atoms with E-state index in [1.807, 2.05) is 0 Å². The van der Waals surface area contributed by atoms with Gasteiger partial charge in [0.15, 0.2) is 8.24 Å². The lowest BCUT2D eigenvalue weighted by atomic mass is 9.99. The van der Waals surface area contributed by atoms with Crippen molar-refractivity contribution < 1.29 is 0 Å². The van der Waals surface area contributed by atoms with Crippen LogP contribution in [0.3, 0.4) is 0 Å². The Labute approximate surface area is 90.1 Å². The molecule has 0 aliphatic heterocycles. The summed E-state index contributed by atoms with van der Waals surface area (Å²) in [5, 5.41) is 9.11. The van der Waals surface area contributed by atoms with E-state index in [0.717, 1.165) is 5.33 Å². The maximum atomic E-state index is 8.22. The van der Waals surface area contributed by atoms with Crippen LogP contribution in [0.5, 0.6) is 0 Å². The second-order valence-electron chi connectivity index (χ2n) is 6.62. The van der Waals surface area contributed by atoms with Gasteiger partial charge in [0.2, 0.25) is 0 Å². The number of hydrogen-bond donors (Lipinski definition) is 2. The van der Waals surface area contributed by atoms with Crippen LogP contribution in [0.25, 0.3) is 0 Å². The van der Waals surface area contributed by atoms with Crippen LogP contribution in [0, 0.1) is 10.8 Å². The van der Waals surface area contributed by atoms with Gasteiger partial charge in [0, 0.05) is 10.9 Å². The molecule has 0 heterocycles. The molecule has 0 fully saturated rings. The van der Waals surface area contributed by atoms with E-state index in [1.54, 1.807) is 0 Å². The molecular weight excluding hydrogens is 188 g/mol. The minimum absolute atomic E-state index is 0.00598. The van der Waals surface area contributed by atoms with Gasteiger partial charge < -0.3 is 10.4 Å². The molecule has 0 aromatic rings. The van der Waals surface area contributed by atoms with Crippen LogP contribution in [0.2, 0.25) is 13.1 Å². The number of hydrogen-bond acceptors (Lipinski definition) is 2. The van der Waals surface area contributed by atoms with Crippen molar-refractivity contribution >= 4 is 13.6 Å². The third-order valence-corrected chi connectivity index (χ3v) is 5.44. The van der Waals surface area contributed by atoms with E-state index in [0.29, 0.717) is 0 Å². The predicted molar refractivity (Wildman–Crippen MR) is 67.6 cm³/mol. The number of rotatable bonds is 2. The zero-order valence-electron chi connectivity index (χ0n) is 11.0. The van der Waals surface area contributed by atoms with Gasteiger partial charge in [-0.05, 0) is 26.2 Å². The molecule has 0 aliphatic carbocycles. The topological polar surface area (TPSA) is 35.9 Å². The van der Waals surface area contributed by atoms with Crippen molar-refractivity contribution in [2.24, 2.45) is 5.41 Å². The van der Waals surface area contributed by atoms with Gasteiger partial charge in [-0.25, -0.2) is 0 Å². The Kier molecular flexibility index (Phi) is 3.74. The van der Waals surface area contributed by atoms with E-state index in [9.17, 15) is 0 Å². The fourth-order valence-corrected chi connectivity index (χ4v) is 5.81. The van der Waals surface area contributed by atoms with Gasteiger partial charge in [-0.2, -0.15) is 0 Å². The third kappa shape index (κ3) is 4.38. The Bertz CT molecular complexity index is 218. The molecule has 14 heavy (non-hydrogen) atoms. The standard InChI is InChI=1S/C11H26N2Si/c1-10(2,3)9(12)14(7,8)13-11(4,5)6/h12-13H,1-8H3. The molecule has 2 nitrogen and oxygen atoms in total. The van der Waals surface area contributed by atoms with Crippen LogP contribution < -0.4 is 4.98 Å². The Morgan fingerprint density at radius 1 is 1.00 bits per heavy atom.